The van der Waals surface area contributed by atoms with E-state index in [0.717, 1.165) is 11.1 Å². The summed E-state index contributed by atoms with van der Waals surface area (Å²) in [7, 11) is 0.140. The molecule has 4 nitrogen and oxygen atoms in total. The summed E-state index contributed by atoms with van der Waals surface area (Å²) in [5, 5.41) is 6.74. The number of sulfonamides is 1. The molecule has 0 aromatic heterocycles. The summed E-state index contributed by atoms with van der Waals surface area (Å²) < 4.78 is 23.0. The van der Waals surface area contributed by atoms with Crippen molar-refractivity contribution in [1.82, 2.24) is 0 Å². The van der Waals surface area contributed by atoms with Gasteiger partial charge in [-0.25, -0.2) is 13.6 Å². The SMILES string of the molecule is CN(C)c1cccc2c(S(N)(=O)=O)cccc12. The molecule has 0 heterocycles. The Hall–Kier alpha value is -1.59. The predicted octanol–water partition coefficient (Wildman–Crippen LogP) is 1.55. The van der Waals surface area contributed by atoms with E-state index in [-0.39, 0.29) is 4.90 Å². The molecule has 5 heteroatoms. The average molecular weight is 250 g/mol. The van der Waals surface area contributed by atoms with Crippen molar-refractivity contribution in [3.63, 3.8) is 0 Å². The molecule has 0 saturated heterocycles. The van der Waals surface area contributed by atoms with Crippen LogP contribution in [0.25, 0.3) is 10.8 Å². The third-order valence-corrected chi connectivity index (χ3v) is 3.62. The van der Waals surface area contributed by atoms with Gasteiger partial charge in [-0.2, -0.15) is 0 Å². The molecule has 0 atom stereocenters. The van der Waals surface area contributed by atoms with Crippen LogP contribution >= 0.6 is 0 Å². The number of hydrogen-bond acceptors (Lipinski definition) is 3. The van der Waals surface area contributed by atoms with Gasteiger partial charge in [0.15, 0.2) is 0 Å². The van der Waals surface area contributed by atoms with Crippen LogP contribution in [-0.4, -0.2) is 22.5 Å². The minimum absolute atomic E-state index is 0.165. The number of fused-ring (bicyclic) bond motifs is 1. The Kier molecular flexibility index (Phi) is 2.81. The van der Waals surface area contributed by atoms with Crippen LogP contribution in [0.15, 0.2) is 41.3 Å². The molecular formula is C12H14N2O2S. The quantitative estimate of drug-likeness (QED) is 0.879. The number of rotatable bonds is 2. The Bertz CT molecular complexity index is 663. The molecule has 0 radical (unpaired) electrons. The van der Waals surface area contributed by atoms with E-state index in [1.54, 1.807) is 12.1 Å². The second-order valence-electron chi connectivity index (χ2n) is 4.07. The van der Waals surface area contributed by atoms with E-state index in [0.29, 0.717) is 5.39 Å². The van der Waals surface area contributed by atoms with Crippen LogP contribution in [0.1, 0.15) is 0 Å². The van der Waals surface area contributed by atoms with Gasteiger partial charge < -0.3 is 4.90 Å². The lowest BCUT2D eigenvalue weighted by Crippen LogP contribution is -2.13. The fourth-order valence-corrected chi connectivity index (χ4v) is 2.66. The second-order valence-corrected chi connectivity index (χ2v) is 5.60. The summed E-state index contributed by atoms with van der Waals surface area (Å²) in [6.07, 6.45) is 0. The number of hydrogen-bond donors (Lipinski definition) is 1. The highest BCUT2D eigenvalue weighted by Crippen LogP contribution is 2.29. The van der Waals surface area contributed by atoms with Crippen LogP contribution in [-0.2, 0) is 10.0 Å². The van der Waals surface area contributed by atoms with E-state index >= 15 is 0 Å². The number of benzene rings is 2. The Morgan fingerprint density at radius 3 is 2.18 bits per heavy atom. The Labute approximate surface area is 101 Å². The van der Waals surface area contributed by atoms with Gasteiger partial charge in [0.2, 0.25) is 10.0 Å². The number of nitrogens with two attached hydrogens (primary N) is 1. The Balaban J connectivity index is 2.89. The molecule has 0 saturated carbocycles. The van der Waals surface area contributed by atoms with Crippen molar-refractivity contribution < 1.29 is 8.42 Å². The third-order valence-electron chi connectivity index (χ3n) is 2.65. The molecule has 2 rings (SSSR count). The van der Waals surface area contributed by atoms with Gasteiger partial charge in [-0.1, -0.05) is 24.3 Å². The summed E-state index contributed by atoms with van der Waals surface area (Å²) >= 11 is 0. The summed E-state index contributed by atoms with van der Waals surface area (Å²) in [5.74, 6) is 0. The van der Waals surface area contributed by atoms with Gasteiger partial charge in [-0.15, -0.1) is 0 Å². The molecule has 0 unspecified atom stereocenters. The van der Waals surface area contributed by atoms with Crippen LogP contribution < -0.4 is 10.0 Å². The average Bonchev–Trinajstić information content (AvgIpc) is 2.26. The highest BCUT2D eigenvalue weighted by atomic mass is 32.2. The Morgan fingerprint density at radius 1 is 1.00 bits per heavy atom. The molecule has 2 aromatic carbocycles. The topological polar surface area (TPSA) is 63.4 Å². The van der Waals surface area contributed by atoms with Gasteiger partial charge in [-0.3, -0.25) is 0 Å². The molecule has 0 bridgehead atoms. The van der Waals surface area contributed by atoms with Crippen LogP contribution in [0.3, 0.4) is 0 Å². The molecule has 0 spiro atoms. The first-order valence-electron chi connectivity index (χ1n) is 5.13. The molecular weight excluding hydrogens is 236 g/mol. The number of primary sulfonamides is 1. The lowest BCUT2D eigenvalue weighted by Gasteiger charge is -2.16. The van der Waals surface area contributed by atoms with E-state index in [4.69, 9.17) is 5.14 Å². The zero-order valence-corrected chi connectivity index (χ0v) is 10.5. The molecule has 2 aromatic rings. The number of nitrogens with zero attached hydrogens (tertiary/aromatic N) is 1. The first kappa shape index (κ1) is 11.9. The lowest BCUT2D eigenvalue weighted by atomic mass is 10.1. The monoisotopic (exact) mass is 250 g/mol. The number of anilines is 1. The highest BCUT2D eigenvalue weighted by molar-refractivity contribution is 7.89. The minimum Gasteiger partial charge on any atom is -0.377 e. The van der Waals surface area contributed by atoms with Gasteiger partial charge in [0.25, 0.3) is 0 Å². The van der Waals surface area contributed by atoms with Crippen molar-refractivity contribution in [2.24, 2.45) is 5.14 Å². The molecule has 0 amide bonds. The largest absolute Gasteiger partial charge is 0.377 e. The van der Waals surface area contributed by atoms with Crippen molar-refractivity contribution in [2.75, 3.05) is 19.0 Å². The summed E-state index contributed by atoms with van der Waals surface area (Å²) in [6.45, 7) is 0. The van der Waals surface area contributed by atoms with Crippen LogP contribution in [0, 0.1) is 0 Å². The summed E-state index contributed by atoms with van der Waals surface area (Å²) in [4.78, 5) is 2.11. The normalized spacial score (nSPS) is 11.7. The standard InChI is InChI=1S/C12H14N2O2S/c1-14(2)11-7-3-6-10-9(11)5-4-8-12(10)17(13,15)16/h3-8H,1-2H3,(H2,13,15,16). The van der Waals surface area contributed by atoms with Crippen molar-refractivity contribution in [3.05, 3.63) is 36.4 Å². The Morgan fingerprint density at radius 2 is 1.59 bits per heavy atom. The van der Waals surface area contributed by atoms with Crippen LogP contribution in [0.4, 0.5) is 5.69 Å². The maximum atomic E-state index is 11.5. The van der Waals surface area contributed by atoms with Crippen LogP contribution in [0.2, 0.25) is 0 Å². The zero-order valence-electron chi connectivity index (χ0n) is 9.71. The van der Waals surface area contributed by atoms with Crippen molar-refractivity contribution in [1.29, 1.82) is 0 Å². The van der Waals surface area contributed by atoms with Crippen molar-refractivity contribution in [2.45, 2.75) is 4.90 Å². The van der Waals surface area contributed by atoms with Gasteiger partial charge in [0.05, 0.1) is 4.90 Å². The van der Waals surface area contributed by atoms with E-state index in [9.17, 15) is 8.42 Å². The van der Waals surface area contributed by atoms with Gasteiger partial charge in [-0.05, 0) is 12.1 Å². The molecule has 0 aliphatic carbocycles. The molecule has 17 heavy (non-hydrogen) atoms. The van der Waals surface area contributed by atoms with Crippen molar-refractivity contribution in [3.8, 4) is 0 Å². The first-order valence-corrected chi connectivity index (χ1v) is 6.68. The van der Waals surface area contributed by atoms with Gasteiger partial charge >= 0.3 is 0 Å². The van der Waals surface area contributed by atoms with E-state index in [2.05, 4.69) is 0 Å². The first-order chi connectivity index (χ1) is 7.91. The van der Waals surface area contributed by atoms with Crippen molar-refractivity contribution >= 4 is 26.5 Å². The molecule has 0 fully saturated rings. The summed E-state index contributed by atoms with van der Waals surface area (Å²) in [5.41, 5.74) is 0.966. The maximum absolute atomic E-state index is 11.5. The fourth-order valence-electron chi connectivity index (χ4n) is 1.90. The maximum Gasteiger partial charge on any atom is 0.238 e. The molecule has 0 aliphatic heterocycles. The van der Waals surface area contributed by atoms with E-state index in [1.165, 1.54) is 6.07 Å². The molecule has 0 aliphatic rings. The molecule has 90 valence electrons. The zero-order chi connectivity index (χ0) is 12.6. The fraction of sp³-hybridized carbons (Fsp3) is 0.167. The smallest absolute Gasteiger partial charge is 0.238 e. The second kappa shape index (κ2) is 4.01. The highest BCUT2D eigenvalue weighted by Gasteiger charge is 2.13. The molecule has 2 N–H and O–H groups in total. The summed E-state index contributed by atoms with van der Waals surface area (Å²) in [6, 6.07) is 10.6. The van der Waals surface area contributed by atoms with Gasteiger partial charge in [0.1, 0.15) is 0 Å². The van der Waals surface area contributed by atoms with E-state index in [1.807, 2.05) is 37.2 Å². The minimum atomic E-state index is -3.69. The van der Waals surface area contributed by atoms with Gasteiger partial charge in [0, 0.05) is 30.6 Å². The predicted molar refractivity (Wildman–Crippen MR) is 69.6 cm³/mol. The third kappa shape index (κ3) is 2.11. The van der Waals surface area contributed by atoms with E-state index < -0.39 is 10.0 Å². The lowest BCUT2D eigenvalue weighted by molar-refractivity contribution is 0.598. The van der Waals surface area contributed by atoms with Crippen LogP contribution in [0.5, 0.6) is 0 Å².